The molecule has 1 aliphatic rings. The smallest absolute Gasteiger partial charge is 0.338 e. The predicted molar refractivity (Wildman–Crippen MR) is 100 cm³/mol. The quantitative estimate of drug-likeness (QED) is 0.756. The zero-order chi connectivity index (χ0) is 16.8. The molecule has 0 bridgehead atoms. The third kappa shape index (κ3) is 5.48. The maximum Gasteiger partial charge on any atom is 0.338 e. The molecule has 0 unspecified atom stereocenters. The number of benzene rings is 2. The van der Waals surface area contributed by atoms with Crippen LogP contribution in [0.2, 0.25) is 0 Å². The molecule has 0 aliphatic carbocycles. The summed E-state index contributed by atoms with van der Waals surface area (Å²) in [6.07, 6.45) is 1.75. The number of nitrogens with zero attached hydrogens (tertiary/aromatic N) is 1. The number of methoxy groups -OCH3 is 1. The number of rotatable bonds is 5. The van der Waals surface area contributed by atoms with E-state index in [1.54, 1.807) is 25.3 Å². The molecule has 5 heteroatoms. The van der Waals surface area contributed by atoms with E-state index < -0.39 is 0 Å². The average Bonchev–Trinajstić information content (AvgIpc) is 2.64. The Hall–Kier alpha value is -2.04. The van der Waals surface area contributed by atoms with Crippen molar-refractivity contribution in [2.75, 3.05) is 20.2 Å². The highest BCUT2D eigenvalue weighted by Gasteiger charge is 2.23. The maximum atomic E-state index is 12.3. The largest absolute Gasteiger partial charge is 0.497 e. The molecule has 0 atom stereocenters. The Kier molecular flexibility index (Phi) is 7.29. The zero-order valence-electron chi connectivity index (χ0n) is 14.4. The van der Waals surface area contributed by atoms with Gasteiger partial charge in [0, 0.05) is 19.6 Å². The van der Waals surface area contributed by atoms with Crippen LogP contribution in [0.15, 0.2) is 54.6 Å². The second-order valence-electron chi connectivity index (χ2n) is 6.10. The fraction of sp³-hybridized carbons (Fsp3) is 0.350. The molecule has 0 amide bonds. The van der Waals surface area contributed by atoms with Crippen LogP contribution in [0.4, 0.5) is 0 Å². The summed E-state index contributed by atoms with van der Waals surface area (Å²) in [5.74, 6) is 0.400. The first kappa shape index (κ1) is 19.3. The number of hydrogen-bond donors (Lipinski definition) is 0. The fourth-order valence-electron chi connectivity index (χ4n) is 3.00. The summed E-state index contributed by atoms with van der Waals surface area (Å²) in [5.41, 5.74) is 1.87. The van der Waals surface area contributed by atoms with Gasteiger partial charge >= 0.3 is 5.97 Å². The summed E-state index contributed by atoms with van der Waals surface area (Å²) in [6, 6.07) is 17.6. The Morgan fingerprint density at radius 2 is 1.80 bits per heavy atom. The third-order valence-electron chi connectivity index (χ3n) is 4.36. The van der Waals surface area contributed by atoms with Gasteiger partial charge in [-0.25, -0.2) is 4.79 Å². The SMILES string of the molecule is COc1cccc(C(=O)OC2CCN(Cc3ccccc3)CC2)c1.Cl. The van der Waals surface area contributed by atoms with Gasteiger partial charge in [0.15, 0.2) is 0 Å². The summed E-state index contributed by atoms with van der Waals surface area (Å²) in [7, 11) is 1.59. The van der Waals surface area contributed by atoms with Crippen molar-refractivity contribution < 1.29 is 14.3 Å². The number of esters is 1. The van der Waals surface area contributed by atoms with Gasteiger partial charge in [0.2, 0.25) is 0 Å². The first-order valence-electron chi connectivity index (χ1n) is 8.36. The van der Waals surface area contributed by atoms with Gasteiger partial charge in [0.25, 0.3) is 0 Å². The van der Waals surface area contributed by atoms with Crippen LogP contribution in [0, 0.1) is 0 Å². The number of halogens is 1. The van der Waals surface area contributed by atoms with Crippen molar-refractivity contribution in [2.24, 2.45) is 0 Å². The van der Waals surface area contributed by atoms with Crippen LogP contribution in [0.5, 0.6) is 5.75 Å². The Morgan fingerprint density at radius 1 is 1.08 bits per heavy atom. The lowest BCUT2D eigenvalue weighted by atomic mass is 10.1. The molecule has 25 heavy (non-hydrogen) atoms. The average molecular weight is 362 g/mol. The van der Waals surface area contributed by atoms with Crippen LogP contribution in [0.1, 0.15) is 28.8 Å². The molecule has 2 aromatic carbocycles. The molecule has 1 saturated heterocycles. The Morgan fingerprint density at radius 3 is 2.48 bits per heavy atom. The molecule has 2 aromatic rings. The van der Waals surface area contributed by atoms with Gasteiger partial charge in [0.1, 0.15) is 11.9 Å². The Bertz CT molecular complexity index is 670. The molecule has 0 saturated carbocycles. The van der Waals surface area contributed by atoms with Crippen molar-refractivity contribution in [1.82, 2.24) is 4.90 Å². The second kappa shape index (κ2) is 9.44. The number of carbonyl (C=O) groups is 1. The standard InChI is InChI=1S/C20H23NO3.ClH/c1-23-19-9-5-8-17(14-19)20(22)24-18-10-12-21(13-11-18)15-16-6-3-2-4-7-16;/h2-9,14,18H,10-13,15H2,1H3;1H. The van der Waals surface area contributed by atoms with Crippen LogP contribution in [0.25, 0.3) is 0 Å². The number of ether oxygens (including phenoxy) is 2. The van der Waals surface area contributed by atoms with Crippen LogP contribution in [0.3, 0.4) is 0 Å². The third-order valence-corrected chi connectivity index (χ3v) is 4.36. The van der Waals surface area contributed by atoms with Crippen molar-refractivity contribution >= 4 is 18.4 Å². The van der Waals surface area contributed by atoms with E-state index in [4.69, 9.17) is 9.47 Å². The van der Waals surface area contributed by atoms with E-state index in [2.05, 4.69) is 29.2 Å². The minimum absolute atomic E-state index is 0. The predicted octanol–water partition coefficient (Wildman–Crippen LogP) is 3.94. The van der Waals surface area contributed by atoms with Gasteiger partial charge < -0.3 is 9.47 Å². The molecule has 1 fully saturated rings. The number of hydrogen-bond acceptors (Lipinski definition) is 4. The van der Waals surface area contributed by atoms with Crippen LogP contribution in [-0.2, 0) is 11.3 Å². The summed E-state index contributed by atoms with van der Waals surface area (Å²) in [5, 5.41) is 0. The molecule has 0 spiro atoms. The number of carbonyl (C=O) groups excluding carboxylic acids is 1. The van der Waals surface area contributed by atoms with E-state index in [1.807, 2.05) is 12.1 Å². The van der Waals surface area contributed by atoms with Crippen molar-refractivity contribution in [3.63, 3.8) is 0 Å². The lowest BCUT2D eigenvalue weighted by Crippen LogP contribution is -2.37. The first-order valence-corrected chi connectivity index (χ1v) is 8.36. The molecule has 1 aliphatic heterocycles. The molecule has 3 rings (SSSR count). The van der Waals surface area contributed by atoms with E-state index in [9.17, 15) is 4.79 Å². The summed E-state index contributed by atoms with van der Waals surface area (Å²) in [6.45, 7) is 2.85. The van der Waals surface area contributed by atoms with Gasteiger partial charge in [-0.2, -0.15) is 0 Å². The van der Waals surface area contributed by atoms with Crippen molar-refractivity contribution in [1.29, 1.82) is 0 Å². The van der Waals surface area contributed by atoms with Gasteiger partial charge in [-0.1, -0.05) is 36.4 Å². The Balaban J connectivity index is 0.00000225. The lowest BCUT2D eigenvalue weighted by Gasteiger charge is -2.31. The summed E-state index contributed by atoms with van der Waals surface area (Å²) < 4.78 is 10.8. The van der Waals surface area contributed by atoms with Gasteiger partial charge in [-0.05, 0) is 36.6 Å². The second-order valence-corrected chi connectivity index (χ2v) is 6.10. The highest BCUT2D eigenvalue weighted by Crippen LogP contribution is 2.19. The molecule has 0 radical (unpaired) electrons. The minimum Gasteiger partial charge on any atom is -0.497 e. The van der Waals surface area contributed by atoms with Gasteiger partial charge in [-0.15, -0.1) is 12.4 Å². The fourth-order valence-corrected chi connectivity index (χ4v) is 3.00. The molecule has 0 N–H and O–H groups in total. The van der Waals surface area contributed by atoms with Crippen LogP contribution < -0.4 is 4.74 Å². The van der Waals surface area contributed by atoms with E-state index >= 15 is 0 Å². The molecular weight excluding hydrogens is 338 g/mol. The molecule has 1 heterocycles. The number of likely N-dealkylation sites (tertiary alicyclic amines) is 1. The van der Waals surface area contributed by atoms with Crippen LogP contribution in [-0.4, -0.2) is 37.2 Å². The molecule has 0 aromatic heterocycles. The monoisotopic (exact) mass is 361 g/mol. The van der Waals surface area contributed by atoms with Crippen LogP contribution >= 0.6 is 12.4 Å². The normalized spacial score (nSPS) is 15.2. The van der Waals surface area contributed by atoms with Crippen molar-refractivity contribution in [3.05, 3.63) is 65.7 Å². The highest BCUT2D eigenvalue weighted by atomic mass is 35.5. The first-order chi connectivity index (χ1) is 11.7. The maximum absolute atomic E-state index is 12.3. The number of piperidine rings is 1. The molecular formula is C20H24ClNO3. The lowest BCUT2D eigenvalue weighted by molar-refractivity contribution is 0.0104. The summed E-state index contributed by atoms with van der Waals surface area (Å²) >= 11 is 0. The van der Waals surface area contributed by atoms with Gasteiger partial charge in [-0.3, -0.25) is 4.90 Å². The topological polar surface area (TPSA) is 38.8 Å². The minimum atomic E-state index is -0.268. The van der Waals surface area contributed by atoms with E-state index in [0.717, 1.165) is 32.5 Å². The highest BCUT2D eigenvalue weighted by molar-refractivity contribution is 5.90. The van der Waals surface area contributed by atoms with Crippen molar-refractivity contribution in [2.45, 2.75) is 25.5 Å². The molecule has 4 nitrogen and oxygen atoms in total. The van der Waals surface area contributed by atoms with E-state index in [0.29, 0.717) is 11.3 Å². The molecule has 134 valence electrons. The zero-order valence-corrected chi connectivity index (χ0v) is 15.2. The van der Waals surface area contributed by atoms with Gasteiger partial charge in [0.05, 0.1) is 12.7 Å². The van der Waals surface area contributed by atoms with E-state index in [1.165, 1.54) is 5.56 Å². The Labute approximate surface area is 155 Å². The summed E-state index contributed by atoms with van der Waals surface area (Å²) in [4.78, 5) is 14.7. The van der Waals surface area contributed by atoms with Crippen molar-refractivity contribution in [3.8, 4) is 5.75 Å². The van der Waals surface area contributed by atoms with E-state index in [-0.39, 0.29) is 24.5 Å².